The first-order chi connectivity index (χ1) is 13.5. The monoisotopic (exact) mass is 374 g/mol. The van der Waals surface area contributed by atoms with E-state index in [-0.39, 0.29) is 11.9 Å². The molecule has 28 heavy (non-hydrogen) atoms. The fourth-order valence-electron chi connectivity index (χ4n) is 2.74. The molecule has 1 amide bonds. The van der Waals surface area contributed by atoms with Gasteiger partial charge in [0.05, 0.1) is 19.1 Å². The first kappa shape index (κ1) is 19.2. The van der Waals surface area contributed by atoms with Crippen molar-refractivity contribution in [3.05, 3.63) is 89.5 Å². The van der Waals surface area contributed by atoms with E-state index in [1.54, 1.807) is 18.2 Å². The molecule has 0 unspecified atom stereocenters. The molecule has 5 heteroatoms. The van der Waals surface area contributed by atoms with Gasteiger partial charge in [0.2, 0.25) is 5.91 Å². The summed E-state index contributed by atoms with van der Waals surface area (Å²) in [5, 5.41) is 6.13. The molecule has 0 aromatic heterocycles. The van der Waals surface area contributed by atoms with Crippen LogP contribution in [-0.4, -0.2) is 19.0 Å². The normalized spacial score (nSPS) is 10.2. The molecule has 0 aliphatic rings. The van der Waals surface area contributed by atoms with Crippen molar-refractivity contribution < 1.29 is 14.3 Å². The summed E-state index contributed by atoms with van der Waals surface area (Å²) in [6, 6.07) is 22.4. The van der Waals surface area contributed by atoms with Crippen molar-refractivity contribution in [2.24, 2.45) is 0 Å². The second-order valence-corrected chi connectivity index (χ2v) is 6.49. The summed E-state index contributed by atoms with van der Waals surface area (Å²) in [5.74, 6) is -0.439. The predicted octanol–water partition coefficient (Wildman–Crippen LogP) is 4.71. The molecule has 0 bridgehead atoms. The lowest BCUT2D eigenvalue weighted by atomic mass is 10.1. The highest BCUT2D eigenvalue weighted by Gasteiger charge is 2.07. The van der Waals surface area contributed by atoms with E-state index in [1.165, 1.54) is 12.7 Å². The van der Waals surface area contributed by atoms with Crippen LogP contribution < -0.4 is 10.6 Å². The lowest BCUT2D eigenvalue weighted by Crippen LogP contribution is -2.14. The predicted molar refractivity (Wildman–Crippen MR) is 111 cm³/mol. The smallest absolute Gasteiger partial charge is 0.337 e. The Balaban J connectivity index is 1.59. The quantitative estimate of drug-likeness (QED) is 0.614. The fraction of sp³-hybridized carbons (Fsp3) is 0.130. The Morgan fingerprint density at radius 2 is 1.54 bits per heavy atom. The number of carbonyl (C=O) groups excluding carboxylic acids is 2. The summed E-state index contributed by atoms with van der Waals surface area (Å²) in [6.45, 7) is 2.02. The van der Waals surface area contributed by atoms with Crippen molar-refractivity contribution in [1.82, 2.24) is 0 Å². The summed E-state index contributed by atoms with van der Waals surface area (Å²) < 4.78 is 4.74. The topological polar surface area (TPSA) is 67.4 Å². The van der Waals surface area contributed by atoms with Crippen LogP contribution in [0.1, 0.15) is 21.5 Å². The van der Waals surface area contributed by atoms with Crippen LogP contribution in [0.4, 0.5) is 17.1 Å². The van der Waals surface area contributed by atoms with Crippen molar-refractivity contribution in [1.29, 1.82) is 0 Å². The third kappa shape index (κ3) is 5.20. The molecule has 5 nitrogen and oxygen atoms in total. The van der Waals surface area contributed by atoms with Crippen LogP contribution in [0.15, 0.2) is 72.8 Å². The Morgan fingerprint density at radius 3 is 2.21 bits per heavy atom. The van der Waals surface area contributed by atoms with Gasteiger partial charge in [0.25, 0.3) is 0 Å². The maximum atomic E-state index is 12.2. The minimum atomic E-state index is -0.379. The van der Waals surface area contributed by atoms with E-state index in [2.05, 4.69) is 10.6 Å². The van der Waals surface area contributed by atoms with Crippen LogP contribution in [0.2, 0.25) is 0 Å². The Morgan fingerprint density at radius 1 is 0.857 bits per heavy atom. The second kappa shape index (κ2) is 8.86. The van der Waals surface area contributed by atoms with E-state index in [1.807, 2.05) is 61.5 Å². The number of benzene rings is 3. The van der Waals surface area contributed by atoms with Gasteiger partial charge in [-0.15, -0.1) is 0 Å². The van der Waals surface area contributed by atoms with Gasteiger partial charge in [-0.1, -0.05) is 35.9 Å². The van der Waals surface area contributed by atoms with E-state index in [4.69, 9.17) is 4.74 Å². The van der Waals surface area contributed by atoms with Crippen molar-refractivity contribution >= 4 is 28.9 Å². The molecule has 142 valence electrons. The molecule has 0 radical (unpaired) electrons. The van der Waals surface area contributed by atoms with Gasteiger partial charge in [0.15, 0.2) is 0 Å². The largest absolute Gasteiger partial charge is 0.465 e. The number of rotatable bonds is 6. The van der Waals surface area contributed by atoms with Gasteiger partial charge in [-0.3, -0.25) is 4.79 Å². The van der Waals surface area contributed by atoms with E-state index >= 15 is 0 Å². The van der Waals surface area contributed by atoms with E-state index in [9.17, 15) is 9.59 Å². The number of anilines is 3. The molecule has 0 spiro atoms. The van der Waals surface area contributed by atoms with Gasteiger partial charge in [-0.25, -0.2) is 4.79 Å². The fourth-order valence-corrected chi connectivity index (χ4v) is 2.74. The van der Waals surface area contributed by atoms with Crippen LogP contribution in [-0.2, 0) is 16.0 Å². The zero-order valence-electron chi connectivity index (χ0n) is 15.9. The van der Waals surface area contributed by atoms with Crippen molar-refractivity contribution in [2.45, 2.75) is 13.3 Å². The van der Waals surface area contributed by atoms with Crippen molar-refractivity contribution in [2.75, 3.05) is 17.7 Å². The SMILES string of the molecule is COC(=O)c1cccc(Nc2ccc(NC(=O)Cc3ccc(C)cc3)cc2)c1. The molecule has 2 N–H and O–H groups in total. The standard InChI is InChI=1S/C23H22N2O3/c1-16-6-8-17(9-7-16)14-22(26)25-20-12-10-19(11-13-20)24-21-5-3-4-18(15-21)23(27)28-2/h3-13,15,24H,14H2,1-2H3,(H,25,26). The number of hydrogen-bond acceptors (Lipinski definition) is 4. The molecule has 0 aliphatic carbocycles. The third-order valence-corrected chi connectivity index (χ3v) is 4.23. The Hall–Kier alpha value is -3.60. The molecule has 0 saturated heterocycles. The van der Waals surface area contributed by atoms with E-state index in [0.717, 1.165) is 22.6 Å². The van der Waals surface area contributed by atoms with E-state index < -0.39 is 0 Å². The lowest BCUT2D eigenvalue weighted by molar-refractivity contribution is -0.115. The molecule has 3 rings (SSSR count). The van der Waals surface area contributed by atoms with Gasteiger partial charge in [0.1, 0.15) is 0 Å². The number of nitrogens with one attached hydrogen (secondary N) is 2. The van der Waals surface area contributed by atoms with Gasteiger partial charge in [0, 0.05) is 17.1 Å². The number of carbonyl (C=O) groups is 2. The maximum Gasteiger partial charge on any atom is 0.337 e. The third-order valence-electron chi connectivity index (χ3n) is 4.23. The maximum absolute atomic E-state index is 12.2. The summed E-state index contributed by atoms with van der Waals surface area (Å²) in [4.78, 5) is 23.8. The first-order valence-electron chi connectivity index (χ1n) is 8.94. The molecular weight excluding hydrogens is 352 g/mol. The Kier molecular flexibility index (Phi) is 6.07. The zero-order chi connectivity index (χ0) is 19.9. The molecule has 3 aromatic rings. The Labute approximate surface area is 164 Å². The highest BCUT2D eigenvalue weighted by Crippen LogP contribution is 2.20. The minimum Gasteiger partial charge on any atom is -0.465 e. The average molecular weight is 374 g/mol. The van der Waals surface area contributed by atoms with Gasteiger partial charge in [-0.05, 0) is 55.0 Å². The summed E-state index contributed by atoms with van der Waals surface area (Å²) >= 11 is 0. The number of methoxy groups -OCH3 is 1. The van der Waals surface area contributed by atoms with Crippen LogP contribution in [0.25, 0.3) is 0 Å². The average Bonchev–Trinajstić information content (AvgIpc) is 2.71. The number of amides is 1. The zero-order valence-corrected chi connectivity index (χ0v) is 15.9. The van der Waals surface area contributed by atoms with Gasteiger partial charge >= 0.3 is 5.97 Å². The van der Waals surface area contributed by atoms with Gasteiger partial charge < -0.3 is 15.4 Å². The van der Waals surface area contributed by atoms with Crippen LogP contribution in [0.5, 0.6) is 0 Å². The molecule has 0 atom stereocenters. The van der Waals surface area contributed by atoms with Crippen molar-refractivity contribution in [3.63, 3.8) is 0 Å². The second-order valence-electron chi connectivity index (χ2n) is 6.49. The van der Waals surface area contributed by atoms with Crippen LogP contribution >= 0.6 is 0 Å². The minimum absolute atomic E-state index is 0.0599. The van der Waals surface area contributed by atoms with Crippen LogP contribution in [0.3, 0.4) is 0 Å². The molecule has 0 aliphatic heterocycles. The van der Waals surface area contributed by atoms with Crippen LogP contribution in [0, 0.1) is 6.92 Å². The number of ether oxygens (including phenoxy) is 1. The molecule has 0 heterocycles. The molecule has 0 saturated carbocycles. The highest BCUT2D eigenvalue weighted by molar-refractivity contribution is 5.92. The summed E-state index contributed by atoms with van der Waals surface area (Å²) in [5.41, 5.74) is 4.98. The Bertz CT molecular complexity index is 964. The number of hydrogen-bond donors (Lipinski definition) is 2. The molecule has 3 aromatic carbocycles. The number of aryl methyl sites for hydroxylation is 1. The van der Waals surface area contributed by atoms with Crippen molar-refractivity contribution in [3.8, 4) is 0 Å². The lowest BCUT2D eigenvalue weighted by Gasteiger charge is -2.10. The first-order valence-corrected chi connectivity index (χ1v) is 8.94. The summed E-state index contributed by atoms with van der Waals surface area (Å²) in [7, 11) is 1.36. The summed E-state index contributed by atoms with van der Waals surface area (Å²) in [6.07, 6.45) is 0.334. The number of esters is 1. The molecular formula is C23H22N2O3. The van der Waals surface area contributed by atoms with E-state index in [0.29, 0.717) is 12.0 Å². The van der Waals surface area contributed by atoms with Gasteiger partial charge in [-0.2, -0.15) is 0 Å². The highest BCUT2D eigenvalue weighted by atomic mass is 16.5. The molecule has 0 fully saturated rings.